The van der Waals surface area contributed by atoms with Crippen LogP contribution < -0.4 is 0 Å². The molecule has 1 aromatic rings. The Morgan fingerprint density at radius 1 is 1.42 bits per heavy atom. The first-order valence-electron chi connectivity index (χ1n) is 2.84. The zero-order valence-corrected chi connectivity index (χ0v) is 7.19. The van der Waals surface area contributed by atoms with Gasteiger partial charge in [-0.25, -0.2) is 4.39 Å². The third-order valence-corrected chi connectivity index (χ3v) is 1.86. The molecule has 0 fully saturated rings. The molecule has 0 saturated carbocycles. The molecule has 1 N–H and O–H groups in total. The van der Waals surface area contributed by atoms with Crippen molar-refractivity contribution in [3.8, 4) is 11.8 Å². The number of hydrogen-bond acceptors (Lipinski definition) is 2. The lowest BCUT2D eigenvalue weighted by molar-refractivity contribution is 0.403. The predicted molar refractivity (Wildman–Crippen MR) is 40.4 cm³/mol. The van der Waals surface area contributed by atoms with Crippen molar-refractivity contribution < 1.29 is 13.9 Å². The van der Waals surface area contributed by atoms with E-state index in [4.69, 9.17) is 10.4 Å². The van der Waals surface area contributed by atoms with Crippen LogP contribution in [0.15, 0.2) is 10.5 Å². The Labute approximate surface area is 75.2 Å². The minimum absolute atomic E-state index is 0.0436. The van der Waals surface area contributed by atoms with Crippen LogP contribution in [0.1, 0.15) is 5.56 Å². The van der Waals surface area contributed by atoms with Gasteiger partial charge in [0.1, 0.15) is 6.07 Å². The largest absolute Gasteiger partial charge is 0.504 e. The van der Waals surface area contributed by atoms with Crippen LogP contribution in [-0.2, 0) is 0 Å². The van der Waals surface area contributed by atoms with Crippen molar-refractivity contribution in [3.63, 3.8) is 0 Å². The maximum Gasteiger partial charge on any atom is 0.202 e. The molecular weight excluding hydrogens is 232 g/mol. The van der Waals surface area contributed by atoms with Crippen LogP contribution in [0.2, 0.25) is 0 Å². The van der Waals surface area contributed by atoms with Crippen molar-refractivity contribution in [1.29, 1.82) is 5.26 Å². The summed E-state index contributed by atoms with van der Waals surface area (Å²) >= 11 is 2.76. The Morgan fingerprint density at radius 3 is 2.50 bits per heavy atom. The molecular formula is C7H2BrF2NO. The first kappa shape index (κ1) is 8.94. The van der Waals surface area contributed by atoms with Crippen LogP contribution in [0.4, 0.5) is 8.78 Å². The molecule has 0 aliphatic heterocycles. The number of nitrogens with zero attached hydrogens (tertiary/aromatic N) is 1. The standard InChI is InChI=1S/C7H2BrF2NO/c8-4-1-3(2-11)5(9)6(10)7(4)12/h1,12H. The van der Waals surface area contributed by atoms with E-state index >= 15 is 0 Å². The van der Waals surface area contributed by atoms with E-state index in [1.807, 2.05) is 0 Å². The fourth-order valence-electron chi connectivity index (χ4n) is 0.667. The third kappa shape index (κ3) is 1.25. The highest BCUT2D eigenvalue weighted by Crippen LogP contribution is 2.30. The summed E-state index contributed by atoms with van der Waals surface area (Å²) in [5, 5.41) is 17.1. The van der Waals surface area contributed by atoms with Crippen molar-refractivity contribution in [2.45, 2.75) is 0 Å². The molecule has 0 heterocycles. The van der Waals surface area contributed by atoms with Crippen molar-refractivity contribution >= 4 is 15.9 Å². The Hall–Kier alpha value is -1.15. The molecule has 0 saturated heterocycles. The fraction of sp³-hybridized carbons (Fsp3) is 0. The number of aromatic hydroxyl groups is 1. The van der Waals surface area contributed by atoms with Gasteiger partial charge in [-0.2, -0.15) is 9.65 Å². The molecule has 0 atom stereocenters. The van der Waals surface area contributed by atoms with Gasteiger partial charge in [-0.3, -0.25) is 0 Å². The number of phenols is 1. The monoisotopic (exact) mass is 233 g/mol. The number of benzene rings is 1. The lowest BCUT2D eigenvalue weighted by atomic mass is 10.2. The second-order valence-corrected chi connectivity index (χ2v) is 2.85. The van der Waals surface area contributed by atoms with E-state index in [1.54, 1.807) is 0 Å². The van der Waals surface area contributed by atoms with Crippen molar-refractivity contribution in [3.05, 3.63) is 27.7 Å². The maximum absolute atomic E-state index is 12.7. The highest BCUT2D eigenvalue weighted by molar-refractivity contribution is 9.10. The third-order valence-electron chi connectivity index (χ3n) is 1.25. The average molecular weight is 234 g/mol. The van der Waals surface area contributed by atoms with Crippen LogP contribution in [-0.4, -0.2) is 5.11 Å². The van der Waals surface area contributed by atoms with Crippen molar-refractivity contribution in [2.75, 3.05) is 0 Å². The number of rotatable bonds is 0. The van der Waals surface area contributed by atoms with E-state index < -0.39 is 22.9 Å². The summed E-state index contributed by atoms with van der Waals surface area (Å²) in [4.78, 5) is 0. The van der Waals surface area contributed by atoms with Gasteiger partial charge in [-0.05, 0) is 22.0 Å². The lowest BCUT2D eigenvalue weighted by Gasteiger charge is -2.00. The normalized spacial score (nSPS) is 9.50. The zero-order valence-electron chi connectivity index (χ0n) is 5.61. The van der Waals surface area contributed by atoms with E-state index in [0.717, 1.165) is 6.07 Å². The minimum atomic E-state index is -1.42. The molecule has 0 unspecified atom stereocenters. The van der Waals surface area contributed by atoms with Crippen LogP contribution in [0.25, 0.3) is 0 Å². The zero-order chi connectivity index (χ0) is 9.30. The number of phenolic OH excluding ortho intramolecular Hbond substituents is 1. The van der Waals surface area contributed by atoms with E-state index in [-0.39, 0.29) is 4.47 Å². The second kappa shape index (κ2) is 3.07. The second-order valence-electron chi connectivity index (χ2n) is 1.99. The van der Waals surface area contributed by atoms with Gasteiger partial charge in [-0.1, -0.05) is 0 Å². The summed E-state index contributed by atoms with van der Waals surface area (Å²) in [7, 11) is 0. The quantitative estimate of drug-likeness (QED) is 0.700. The smallest absolute Gasteiger partial charge is 0.202 e. The summed E-state index contributed by atoms with van der Waals surface area (Å²) in [5.74, 6) is -3.58. The van der Waals surface area contributed by atoms with Gasteiger partial charge < -0.3 is 5.11 Å². The summed E-state index contributed by atoms with van der Waals surface area (Å²) in [5.41, 5.74) is -0.447. The molecule has 62 valence electrons. The summed E-state index contributed by atoms with van der Waals surface area (Å²) in [6.07, 6.45) is 0. The summed E-state index contributed by atoms with van der Waals surface area (Å²) < 4.78 is 25.3. The summed E-state index contributed by atoms with van der Waals surface area (Å²) in [6, 6.07) is 2.46. The fourth-order valence-corrected chi connectivity index (χ4v) is 1.07. The predicted octanol–water partition coefficient (Wildman–Crippen LogP) is 2.30. The number of hydrogen-bond donors (Lipinski definition) is 1. The van der Waals surface area contributed by atoms with Crippen molar-refractivity contribution in [2.24, 2.45) is 0 Å². The Morgan fingerprint density at radius 2 is 2.00 bits per heavy atom. The summed E-state index contributed by atoms with van der Waals surface area (Å²) in [6.45, 7) is 0. The Bertz CT molecular complexity index is 373. The highest BCUT2D eigenvalue weighted by Gasteiger charge is 2.15. The van der Waals surface area contributed by atoms with Gasteiger partial charge >= 0.3 is 0 Å². The van der Waals surface area contributed by atoms with Crippen LogP contribution in [0, 0.1) is 23.0 Å². The maximum atomic E-state index is 12.7. The SMILES string of the molecule is N#Cc1cc(Br)c(O)c(F)c1F. The van der Waals surface area contributed by atoms with Crippen LogP contribution in [0.5, 0.6) is 5.75 Å². The van der Waals surface area contributed by atoms with E-state index in [0.29, 0.717) is 0 Å². The molecule has 0 bridgehead atoms. The topological polar surface area (TPSA) is 44.0 Å². The number of halogens is 3. The van der Waals surface area contributed by atoms with E-state index in [1.165, 1.54) is 6.07 Å². The Kier molecular flexibility index (Phi) is 2.29. The van der Waals surface area contributed by atoms with Gasteiger partial charge in [0.15, 0.2) is 11.6 Å². The average Bonchev–Trinajstić information content (AvgIpc) is 2.08. The van der Waals surface area contributed by atoms with Gasteiger partial charge in [0.05, 0.1) is 10.0 Å². The van der Waals surface area contributed by atoms with Crippen LogP contribution in [0.3, 0.4) is 0 Å². The van der Waals surface area contributed by atoms with Crippen molar-refractivity contribution in [1.82, 2.24) is 0 Å². The van der Waals surface area contributed by atoms with Gasteiger partial charge in [0, 0.05) is 0 Å². The molecule has 12 heavy (non-hydrogen) atoms. The molecule has 0 spiro atoms. The molecule has 0 aliphatic rings. The van der Waals surface area contributed by atoms with Gasteiger partial charge in [0.25, 0.3) is 0 Å². The van der Waals surface area contributed by atoms with E-state index in [2.05, 4.69) is 15.9 Å². The molecule has 0 aromatic heterocycles. The molecule has 0 aliphatic carbocycles. The first-order valence-corrected chi connectivity index (χ1v) is 3.63. The minimum Gasteiger partial charge on any atom is -0.504 e. The Balaban J connectivity index is 3.52. The number of nitriles is 1. The molecule has 1 rings (SSSR count). The van der Waals surface area contributed by atoms with E-state index in [9.17, 15) is 8.78 Å². The molecule has 2 nitrogen and oxygen atoms in total. The molecule has 5 heteroatoms. The van der Waals surface area contributed by atoms with Crippen LogP contribution >= 0.6 is 15.9 Å². The molecule has 0 amide bonds. The molecule has 1 aromatic carbocycles. The first-order chi connectivity index (χ1) is 5.57. The van der Waals surface area contributed by atoms with Gasteiger partial charge in [-0.15, -0.1) is 0 Å². The van der Waals surface area contributed by atoms with Gasteiger partial charge in [0.2, 0.25) is 5.82 Å². The highest BCUT2D eigenvalue weighted by atomic mass is 79.9. The lowest BCUT2D eigenvalue weighted by Crippen LogP contribution is -1.90. The molecule has 0 radical (unpaired) electrons.